The van der Waals surface area contributed by atoms with Gasteiger partial charge in [0.1, 0.15) is 0 Å². The third-order valence-electron chi connectivity index (χ3n) is 3.49. The Hall–Kier alpha value is -2.45. The van der Waals surface area contributed by atoms with Crippen LogP contribution in [0.3, 0.4) is 0 Å². The van der Waals surface area contributed by atoms with E-state index in [0.29, 0.717) is 33.8 Å². The molecule has 0 atom stereocenters. The first-order chi connectivity index (χ1) is 13.0. The first kappa shape index (κ1) is 19.3. The van der Waals surface area contributed by atoms with Crippen LogP contribution in [0.4, 0.5) is 14.5 Å². The van der Waals surface area contributed by atoms with Gasteiger partial charge in [-0.05, 0) is 24.3 Å². The Morgan fingerprint density at radius 1 is 1.19 bits per heavy atom. The predicted octanol–water partition coefficient (Wildman–Crippen LogP) is 4.93. The first-order valence-electron chi connectivity index (χ1n) is 7.93. The summed E-state index contributed by atoms with van der Waals surface area (Å²) in [6, 6.07) is 10.4. The summed E-state index contributed by atoms with van der Waals surface area (Å²) in [6.07, 6.45) is 0.204. The van der Waals surface area contributed by atoms with Crippen molar-refractivity contribution >= 4 is 35.0 Å². The molecule has 3 rings (SSSR count). The number of rotatable bonds is 7. The van der Waals surface area contributed by atoms with Gasteiger partial charge in [0.25, 0.3) is 0 Å². The number of benzene rings is 2. The molecule has 27 heavy (non-hydrogen) atoms. The molecular formula is C18H14ClF2N3O2S. The minimum absolute atomic E-state index is 0.204. The molecule has 0 aliphatic carbocycles. The summed E-state index contributed by atoms with van der Waals surface area (Å²) >= 11 is 7.54. The number of carbonyl (C=O) groups excluding carboxylic acids is 1. The number of hydrogen-bond donors (Lipinski definition) is 1. The van der Waals surface area contributed by atoms with E-state index < -0.39 is 11.6 Å². The molecular weight excluding hydrogens is 396 g/mol. The molecule has 5 nitrogen and oxygen atoms in total. The van der Waals surface area contributed by atoms with Crippen LogP contribution in [0.25, 0.3) is 11.4 Å². The van der Waals surface area contributed by atoms with E-state index in [1.165, 1.54) is 17.8 Å². The Morgan fingerprint density at radius 3 is 2.78 bits per heavy atom. The Balaban J connectivity index is 1.44. The molecule has 0 saturated carbocycles. The molecule has 0 bridgehead atoms. The van der Waals surface area contributed by atoms with Gasteiger partial charge in [-0.25, -0.2) is 8.78 Å². The summed E-state index contributed by atoms with van der Waals surface area (Å²) in [7, 11) is 0. The molecule has 3 aromatic rings. The zero-order valence-corrected chi connectivity index (χ0v) is 15.5. The van der Waals surface area contributed by atoms with Crippen molar-refractivity contribution in [1.82, 2.24) is 10.1 Å². The number of nitrogens with one attached hydrogen (secondary N) is 1. The highest BCUT2D eigenvalue weighted by molar-refractivity contribution is 7.98. The molecule has 0 aliphatic rings. The van der Waals surface area contributed by atoms with Crippen molar-refractivity contribution in [2.24, 2.45) is 0 Å². The van der Waals surface area contributed by atoms with Crippen LogP contribution >= 0.6 is 23.4 Å². The van der Waals surface area contributed by atoms with Crippen molar-refractivity contribution < 1.29 is 18.1 Å². The number of aromatic nitrogens is 2. The molecule has 0 radical (unpaired) electrons. The van der Waals surface area contributed by atoms with E-state index in [9.17, 15) is 13.6 Å². The molecule has 9 heteroatoms. The topological polar surface area (TPSA) is 68.0 Å². The lowest BCUT2D eigenvalue weighted by Gasteiger charge is -2.05. The van der Waals surface area contributed by atoms with Crippen molar-refractivity contribution in [2.45, 2.75) is 12.2 Å². The van der Waals surface area contributed by atoms with E-state index in [4.69, 9.17) is 16.1 Å². The highest BCUT2D eigenvalue weighted by Crippen LogP contribution is 2.25. The van der Waals surface area contributed by atoms with Gasteiger partial charge in [-0.3, -0.25) is 4.79 Å². The van der Waals surface area contributed by atoms with E-state index in [2.05, 4.69) is 15.5 Å². The Kier molecular flexibility index (Phi) is 6.41. The summed E-state index contributed by atoms with van der Waals surface area (Å²) in [4.78, 5) is 16.1. The van der Waals surface area contributed by atoms with Gasteiger partial charge in [-0.15, -0.1) is 0 Å². The summed E-state index contributed by atoms with van der Waals surface area (Å²) < 4.78 is 31.2. The normalized spacial score (nSPS) is 10.8. The molecule has 0 unspecified atom stereocenters. The van der Waals surface area contributed by atoms with Gasteiger partial charge >= 0.3 is 0 Å². The number of amides is 1. The van der Waals surface area contributed by atoms with E-state index in [1.54, 1.807) is 12.1 Å². The second-order valence-electron chi connectivity index (χ2n) is 5.47. The van der Waals surface area contributed by atoms with Crippen LogP contribution in [0.5, 0.6) is 0 Å². The lowest BCUT2D eigenvalue weighted by molar-refractivity contribution is -0.115. The highest BCUT2D eigenvalue weighted by Gasteiger charge is 2.12. The minimum atomic E-state index is -1.01. The first-order valence-corrected chi connectivity index (χ1v) is 9.46. The van der Waals surface area contributed by atoms with Crippen molar-refractivity contribution in [2.75, 3.05) is 11.1 Å². The standard InChI is InChI=1S/C18H14ClF2N3O2S/c19-13-4-2-1-3-12(13)18-23-17(26-24-18)10-27-8-7-16(25)22-11-5-6-14(20)15(21)9-11/h1-6,9H,7-8,10H2,(H,22,25). The van der Waals surface area contributed by atoms with Gasteiger partial charge in [0.2, 0.25) is 17.6 Å². The number of anilines is 1. The zero-order valence-electron chi connectivity index (χ0n) is 13.9. The fourth-order valence-electron chi connectivity index (χ4n) is 2.19. The van der Waals surface area contributed by atoms with Crippen LogP contribution in [-0.4, -0.2) is 21.8 Å². The average Bonchev–Trinajstić information content (AvgIpc) is 3.11. The van der Waals surface area contributed by atoms with E-state index in [1.807, 2.05) is 12.1 Å². The van der Waals surface area contributed by atoms with E-state index in [-0.39, 0.29) is 18.0 Å². The van der Waals surface area contributed by atoms with Gasteiger partial charge in [0.05, 0.1) is 10.8 Å². The molecule has 0 saturated heterocycles. The summed E-state index contributed by atoms with van der Waals surface area (Å²) in [6.45, 7) is 0. The van der Waals surface area contributed by atoms with Gasteiger partial charge < -0.3 is 9.84 Å². The smallest absolute Gasteiger partial charge is 0.236 e. The van der Waals surface area contributed by atoms with Crippen molar-refractivity contribution in [3.63, 3.8) is 0 Å². The van der Waals surface area contributed by atoms with Crippen molar-refractivity contribution in [3.05, 3.63) is 65.0 Å². The molecule has 1 amide bonds. The molecule has 0 fully saturated rings. The summed E-state index contributed by atoms with van der Waals surface area (Å²) in [5, 5.41) is 6.95. The Morgan fingerprint density at radius 2 is 2.00 bits per heavy atom. The lowest BCUT2D eigenvalue weighted by atomic mass is 10.2. The Bertz CT molecular complexity index is 952. The number of halogens is 3. The lowest BCUT2D eigenvalue weighted by Crippen LogP contribution is -2.12. The highest BCUT2D eigenvalue weighted by atomic mass is 35.5. The fraction of sp³-hybridized carbons (Fsp3) is 0.167. The van der Waals surface area contributed by atoms with Crippen LogP contribution in [-0.2, 0) is 10.5 Å². The van der Waals surface area contributed by atoms with Gasteiger partial charge in [-0.2, -0.15) is 16.7 Å². The Labute approximate surface area is 163 Å². The fourth-order valence-corrected chi connectivity index (χ4v) is 3.17. The molecule has 140 valence electrons. The maximum atomic E-state index is 13.1. The maximum Gasteiger partial charge on any atom is 0.236 e. The average molecular weight is 410 g/mol. The quantitative estimate of drug-likeness (QED) is 0.560. The van der Waals surface area contributed by atoms with Crippen molar-refractivity contribution in [3.8, 4) is 11.4 Å². The third kappa shape index (κ3) is 5.27. The monoisotopic (exact) mass is 409 g/mol. The molecule has 0 spiro atoms. The maximum absolute atomic E-state index is 13.1. The van der Waals surface area contributed by atoms with Gasteiger partial charge in [0, 0.05) is 29.5 Å². The second kappa shape index (κ2) is 8.96. The molecule has 1 aromatic heterocycles. The SMILES string of the molecule is O=C(CCSCc1nc(-c2ccccc2Cl)no1)Nc1ccc(F)c(F)c1. The molecule has 1 N–H and O–H groups in total. The second-order valence-corrected chi connectivity index (χ2v) is 6.98. The predicted molar refractivity (Wildman–Crippen MR) is 101 cm³/mol. The van der Waals surface area contributed by atoms with E-state index >= 15 is 0 Å². The molecule has 0 aliphatic heterocycles. The number of carbonyl (C=O) groups is 1. The number of hydrogen-bond acceptors (Lipinski definition) is 5. The summed E-state index contributed by atoms with van der Waals surface area (Å²) in [5.74, 6) is -0.485. The summed E-state index contributed by atoms with van der Waals surface area (Å²) in [5.41, 5.74) is 0.898. The number of nitrogens with zero attached hydrogens (tertiary/aromatic N) is 2. The van der Waals surface area contributed by atoms with Crippen LogP contribution in [0.15, 0.2) is 47.0 Å². The van der Waals surface area contributed by atoms with E-state index in [0.717, 1.165) is 12.1 Å². The van der Waals surface area contributed by atoms with Crippen molar-refractivity contribution in [1.29, 1.82) is 0 Å². The van der Waals surface area contributed by atoms with Crippen LogP contribution in [0.2, 0.25) is 5.02 Å². The molecule has 1 heterocycles. The molecule has 2 aromatic carbocycles. The van der Waals surface area contributed by atoms with Gasteiger partial charge in [-0.1, -0.05) is 28.9 Å². The minimum Gasteiger partial charge on any atom is -0.338 e. The van der Waals surface area contributed by atoms with Crippen LogP contribution in [0.1, 0.15) is 12.3 Å². The van der Waals surface area contributed by atoms with Gasteiger partial charge in [0.15, 0.2) is 11.6 Å². The largest absolute Gasteiger partial charge is 0.338 e. The van der Waals surface area contributed by atoms with Crippen LogP contribution in [0, 0.1) is 11.6 Å². The van der Waals surface area contributed by atoms with Crippen LogP contribution < -0.4 is 5.32 Å². The third-order valence-corrected chi connectivity index (χ3v) is 4.76. The zero-order chi connectivity index (χ0) is 19.2. The number of thioether (sulfide) groups is 1.